The molecule has 1 nitrogen and oxygen atoms in total. The molecule has 0 aliphatic rings. The molecule has 0 N–H and O–H groups in total. The van der Waals surface area contributed by atoms with Crippen LogP contribution in [0.5, 0.6) is 0 Å². The topological polar surface area (TPSA) is 17.1 Å². The lowest BCUT2D eigenvalue weighted by Crippen LogP contribution is -1.80. The second-order valence-electron chi connectivity index (χ2n) is 1.06. The molecule has 0 aliphatic carbocycles. The van der Waals surface area contributed by atoms with Crippen molar-refractivity contribution in [2.24, 2.45) is 0 Å². The standard InChI is InChI=1S/C4H8O/c1-3-4(2)5/h3H2,1-2H3/i5+2. The van der Waals surface area contributed by atoms with Gasteiger partial charge in [-0.15, -0.1) is 0 Å². The van der Waals surface area contributed by atoms with E-state index in [4.69, 9.17) is 0 Å². The zero-order valence-corrected chi connectivity index (χ0v) is 3.62. The predicted molar refractivity (Wildman–Crippen MR) is 21.0 cm³/mol. The van der Waals surface area contributed by atoms with Crippen molar-refractivity contribution in [1.82, 2.24) is 0 Å². The van der Waals surface area contributed by atoms with Crippen LogP contribution in [0, 0.1) is 0 Å². The zero-order chi connectivity index (χ0) is 4.28. The lowest BCUT2D eigenvalue weighted by Gasteiger charge is -1.71. The number of carbonyl (C=O) groups is 1. The Labute approximate surface area is 32.0 Å². The highest BCUT2D eigenvalue weighted by atomic mass is 18.1. The largest absolute Gasteiger partial charge is 0.300 e. The highest BCUT2D eigenvalue weighted by molar-refractivity contribution is 5.74. The SMILES string of the molecule is CCC(C)=[18O]. The van der Waals surface area contributed by atoms with E-state index in [0.29, 0.717) is 6.42 Å². The predicted octanol–water partition coefficient (Wildman–Crippen LogP) is 0.985. The van der Waals surface area contributed by atoms with Crippen molar-refractivity contribution in [3.63, 3.8) is 0 Å². The summed E-state index contributed by atoms with van der Waals surface area (Å²) in [4.78, 5) is 9.81. The molecule has 0 aliphatic heterocycles. The van der Waals surface area contributed by atoms with Gasteiger partial charge in [-0.05, 0) is 6.92 Å². The molecule has 0 saturated carbocycles. The summed E-state index contributed by atoms with van der Waals surface area (Å²) >= 11 is 0. The fourth-order valence-electron chi connectivity index (χ4n) is 0. The Hall–Kier alpha value is -0.330. The first kappa shape index (κ1) is 4.67. The van der Waals surface area contributed by atoms with Gasteiger partial charge in [0.1, 0.15) is 5.78 Å². The Balaban J connectivity index is 2.85. The molecule has 0 rings (SSSR count). The molecule has 0 spiro atoms. The molecule has 0 fully saturated rings. The summed E-state index contributed by atoms with van der Waals surface area (Å²) in [6.45, 7) is 3.43. The van der Waals surface area contributed by atoms with Crippen LogP contribution in [-0.2, 0) is 4.79 Å². The minimum Gasteiger partial charge on any atom is -0.300 e. The molecule has 0 radical (unpaired) electrons. The fraction of sp³-hybridized carbons (Fsp3) is 0.750. The molecule has 0 atom stereocenters. The third-order valence-corrected chi connectivity index (χ3v) is 0.498. The van der Waals surface area contributed by atoms with E-state index < -0.39 is 0 Å². The Morgan fingerprint density at radius 3 is 2.00 bits per heavy atom. The Morgan fingerprint density at radius 1 is 1.80 bits per heavy atom. The van der Waals surface area contributed by atoms with Crippen molar-refractivity contribution >= 4 is 5.78 Å². The summed E-state index contributed by atoms with van der Waals surface area (Å²) in [7, 11) is 0. The summed E-state index contributed by atoms with van der Waals surface area (Å²) < 4.78 is 0. The van der Waals surface area contributed by atoms with Gasteiger partial charge in [-0.3, -0.25) is 0 Å². The van der Waals surface area contributed by atoms with Gasteiger partial charge in [-0.1, -0.05) is 6.92 Å². The monoisotopic (exact) mass is 74.1 g/mol. The van der Waals surface area contributed by atoms with Gasteiger partial charge in [0, 0.05) is 6.42 Å². The highest BCUT2D eigenvalue weighted by Crippen LogP contribution is 1.71. The van der Waals surface area contributed by atoms with Crippen molar-refractivity contribution in [2.45, 2.75) is 20.3 Å². The lowest BCUT2D eigenvalue weighted by molar-refractivity contribution is -0.116. The molecule has 0 aromatic carbocycles. The van der Waals surface area contributed by atoms with Crippen LogP contribution in [0.25, 0.3) is 0 Å². The van der Waals surface area contributed by atoms with E-state index in [-0.39, 0.29) is 5.78 Å². The van der Waals surface area contributed by atoms with Gasteiger partial charge in [0.2, 0.25) is 0 Å². The minimum absolute atomic E-state index is 0.255. The van der Waals surface area contributed by atoms with Gasteiger partial charge in [-0.2, -0.15) is 0 Å². The summed E-state index contributed by atoms with van der Waals surface area (Å²) in [6, 6.07) is 0. The lowest BCUT2D eigenvalue weighted by atomic mass is 10.4. The van der Waals surface area contributed by atoms with Crippen LogP contribution in [0.2, 0.25) is 0 Å². The molecule has 0 unspecified atom stereocenters. The Morgan fingerprint density at radius 2 is 2.00 bits per heavy atom. The molecule has 0 aromatic heterocycles. The minimum atomic E-state index is 0.255. The number of hydrogen-bond donors (Lipinski definition) is 0. The van der Waals surface area contributed by atoms with Gasteiger partial charge >= 0.3 is 0 Å². The summed E-state index contributed by atoms with van der Waals surface area (Å²) in [5.41, 5.74) is 0. The maximum atomic E-state index is 9.81. The Bertz CT molecular complexity index is 38.9. The smallest absolute Gasteiger partial charge is 0.129 e. The second-order valence-corrected chi connectivity index (χ2v) is 1.06. The molecule has 30 valence electrons. The molecule has 1 heteroatoms. The van der Waals surface area contributed by atoms with Gasteiger partial charge in [0.25, 0.3) is 0 Å². The molecule has 5 heavy (non-hydrogen) atoms. The van der Waals surface area contributed by atoms with Crippen LogP contribution in [0.3, 0.4) is 0 Å². The van der Waals surface area contributed by atoms with Crippen molar-refractivity contribution in [3.8, 4) is 0 Å². The van der Waals surface area contributed by atoms with Crippen LogP contribution in [0.15, 0.2) is 0 Å². The first-order chi connectivity index (χ1) is 2.27. The van der Waals surface area contributed by atoms with Gasteiger partial charge in [0.15, 0.2) is 0 Å². The number of hydrogen-bond acceptors (Lipinski definition) is 1. The molecule has 0 bridgehead atoms. The van der Waals surface area contributed by atoms with Crippen LogP contribution < -0.4 is 0 Å². The molecule has 0 amide bonds. The number of rotatable bonds is 1. The van der Waals surface area contributed by atoms with Crippen LogP contribution in [-0.4, -0.2) is 5.78 Å². The number of ketones is 1. The van der Waals surface area contributed by atoms with Gasteiger partial charge < -0.3 is 4.79 Å². The van der Waals surface area contributed by atoms with Crippen molar-refractivity contribution in [3.05, 3.63) is 0 Å². The summed E-state index contributed by atoms with van der Waals surface area (Å²) in [6.07, 6.45) is 0.667. The molecular weight excluding hydrogens is 66.0 g/mol. The summed E-state index contributed by atoms with van der Waals surface area (Å²) in [5.74, 6) is 0.255. The first-order valence-corrected chi connectivity index (χ1v) is 1.76. The molecule has 0 aromatic rings. The van der Waals surface area contributed by atoms with Crippen molar-refractivity contribution in [2.75, 3.05) is 0 Å². The second kappa shape index (κ2) is 1.94. The molecule has 0 heterocycles. The van der Waals surface area contributed by atoms with Crippen molar-refractivity contribution < 1.29 is 4.79 Å². The zero-order valence-electron chi connectivity index (χ0n) is 3.62. The quantitative estimate of drug-likeness (QED) is 0.424. The van der Waals surface area contributed by atoms with Crippen LogP contribution in [0.1, 0.15) is 20.3 Å². The molecular formula is C4H8O. The number of carbonyl (C=O) groups excluding carboxylic acids is 1. The van der Waals surface area contributed by atoms with E-state index in [1.165, 1.54) is 0 Å². The average Bonchev–Trinajstić information content (AvgIpc) is 1.38. The van der Waals surface area contributed by atoms with E-state index >= 15 is 0 Å². The maximum absolute atomic E-state index is 9.81. The van der Waals surface area contributed by atoms with Gasteiger partial charge in [0.05, 0.1) is 0 Å². The molecule has 0 saturated heterocycles. The first-order valence-electron chi connectivity index (χ1n) is 1.76. The maximum Gasteiger partial charge on any atom is 0.129 e. The third-order valence-electron chi connectivity index (χ3n) is 0.498. The number of Topliss-reactive ketones (excluding diaryl/α,β-unsaturated/α-hetero) is 1. The van der Waals surface area contributed by atoms with E-state index in [1.54, 1.807) is 6.92 Å². The highest BCUT2D eigenvalue weighted by Gasteiger charge is 1.76. The van der Waals surface area contributed by atoms with E-state index in [2.05, 4.69) is 0 Å². The average molecular weight is 74.1 g/mol. The van der Waals surface area contributed by atoms with Crippen LogP contribution in [0.4, 0.5) is 0 Å². The van der Waals surface area contributed by atoms with Gasteiger partial charge in [-0.25, -0.2) is 0 Å². The fourth-order valence-corrected chi connectivity index (χ4v) is 0. The van der Waals surface area contributed by atoms with Crippen molar-refractivity contribution in [1.29, 1.82) is 0 Å². The van der Waals surface area contributed by atoms with Crippen LogP contribution >= 0.6 is 0 Å². The normalized spacial score (nSPS) is 7.60. The van der Waals surface area contributed by atoms with E-state index in [0.717, 1.165) is 0 Å². The third kappa shape index (κ3) is 3.67. The van der Waals surface area contributed by atoms with E-state index in [1.807, 2.05) is 6.92 Å². The Kier molecular flexibility index (Phi) is 1.81. The van der Waals surface area contributed by atoms with E-state index in [9.17, 15) is 4.79 Å². The summed E-state index contributed by atoms with van der Waals surface area (Å²) in [5, 5.41) is 0.